The van der Waals surface area contributed by atoms with Crippen molar-refractivity contribution in [3.8, 4) is 11.5 Å². The standard InChI is InChI=1S/C12H7Cl2N3O/c13-8-2-1-3-10(6-8)18-12-5-4-9(16-17-15)7-11(12)14/h1-7H. The summed E-state index contributed by atoms with van der Waals surface area (Å²) in [6.07, 6.45) is 0. The average molecular weight is 280 g/mol. The van der Waals surface area contributed by atoms with Crippen molar-refractivity contribution in [2.45, 2.75) is 0 Å². The predicted octanol–water partition coefficient (Wildman–Crippen LogP) is 5.73. The summed E-state index contributed by atoms with van der Waals surface area (Å²) in [5.41, 5.74) is 8.75. The van der Waals surface area contributed by atoms with Crippen LogP contribution in [0.1, 0.15) is 0 Å². The lowest BCUT2D eigenvalue weighted by molar-refractivity contribution is 0.483. The lowest BCUT2D eigenvalue weighted by Crippen LogP contribution is -1.84. The third-order valence-corrected chi connectivity index (χ3v) is 2.63. The molecule has 2 aromatic carbocycles. The molecular formula is C12H7Cl2N3O. The van der Waals surface area contributed by atoms with Gasteiger partial charge in [-0.15, -0.1) is 0 Å². The molecule has 2 aromatic rings. The average Bonchev–Trinajstić information content (AvgIpc) is 2.33. The van der Waals surface area contributed by atoms with Gasteiger partial charge >= 0.3 is 0 Å². The molecule has 0 N–H and O–H groups in total. The van der Waals surface area contributed by atoms with Crippen molar-refractivity contribution in [2.24, 2.45) is 5.11 Å². The van der Waals surface area contributed by atoms with Crippen LogP contribution in [0.3, 0.4) is 0 Å². The van der Waals surface area contributed by atoms with E-state index in [-0.39, 0.29) is 0 Å². The van der Waals surface area contributed by atoms with Crippen molar-refractivity contribution < 1.29 is 4.74 Å². The van der Waals surface area contributed by atoms with Crippen LogP contribution in [0.15, 0.2) is 47.6 Å². The van der Waals surface area contributed by atoms with Crippen LogP contribution in [-0.4, -0.2) is 0 Å². The maximum atomic E-state index is 8.31. The fraction of sp³-hybridized carbons (Fsp3) is 0. The fourth-order valence-electron chi connectivity index (χ4n) is 1.34. The van der Waals surface area contributed by atoms with Gasteiger partial charge in [0.15, 0.2) is 0 Å². The number of rotatable bonds is 3. The Kier molecular flexibility index (Phi) is 3.95. The number of halogens is 2. The number of hydrogen-bond acceptors (Lipinski definition) is 2. The molecule has 0 atom stereocenters. The van der Waals surface area contributed by atoms with E-state index in [1.165, 1.54) is 6.07 Å². The molecule has 0 heterocycles. The van der Waals surface area contributed by atoms with Crippen molar-refractivity contribution in [1.29, 1.82) is 0 Å². The van der Waals surface area contributed by atoms with Crippen LogP contribution < -0.4 is 4.74 Å². The molecule has 0 aliphatic heterocycles. The largest absolute Gasteiger partial charge is 0.456 e. The number of azide groups is 1. The SMILES string of the molecule is [N-]=[N+]=Nc1ccc(Oc2cccc(Cl)c2)c(Cl)c1. The zero-order valence-corrected chi connectivity index (χ0v) is 10.6. The molecule has 90 valence electrons. The van der Waals surface area contributed by atoms with E-state index in [1.54, 1.807) is 36.4 Å². The van der Waals surface area contributed by atoms with E-state index >= 15 is 0 Å². The molecule has 0 fully saturated rings. The Labute approximate surface area is 113 Å². The maximum Gasteiger partial charge on any atom is 0.146 e. The van der Waals surface area contributed by atoms with Crippen molar-refractivity contribution in [3.05, 3.63) is 63.0 Å². The lowest BCUT2D eigenvalue weighted by atomic mass is 10.3. The van der Waals surface area contributed by atoms with Gasteiger partial charge in [-0.25, -0.2) is 0 Å². The molecule has 18 heavy (non-hydrogen) atoms. The Bertz CT molecular complexity index is 624. The van der Waals surface area contributed by atoms with Gasteiger partial charge < -0.3 is 4.74 Å². The minimum atomic E-state index is 0.361. The predicted molar refractivity (Wildman–Crippen MR) is 71.8 cm³/mol. The minimum Gasteiger partial charge on any atom is -0.456 e. The van der Waals surface area contributed by atoms with Gasteiger partial charge in [0, 0.05) is 15.6 Å². The summed E-state index contributed by atoms with van der Waals surface area (Å²) < 4.78 is 5.57. The van der Waals surface area contributed by atoms with Gasteiger partial charge in [0.05, 0.1) is 5.02 Å². The zero-order valence-electron chi connectivity index (χ0n) is 9.05. The van der Waals surface area contributed by atoms with Crippen LogP contribution in [0, 0.1) is 0 Å². The molecule has 0 radical (unpaired) electrons. The van der Waals surface area contributed by atoms with Crippen molar-refractivity contribution >= 4 is 28.9 Å². The molecular weight excluding hydrogens is 273 g/mol. The van der Waals surface area contributed by atoms with E-state index < -0.39 is 0 Å². The molecule has 0 aliphatic rings. The van der Waals surface area contributed by atoms with E-state index in [4.69, 9.17) is 33.5 Å². The second-order valence-electron chi connectivity index (χ2n) is 3.36. The lowest BCUT2D eigenvalue weighted by Gasteiger charge is -2.08. The highest BCUT2D eigenvalue weighted by atomic mass is 35.5. The van der Waals surface area contributed by atoms with Crippen LogP contribution in [0.25, 0.3) is 10.4 Å². The first-order valence-electron chi connectivity index (χ1n) is 4.97. The molecule has 0 amide bonds. The second kappa shape index (κ2) is 5.65. The Balaban J connectivity index is 2.27. The fourth-order valence-corrected chi connectivity index (χ4v) is 1.74. The van der Waals surface area contributed by atoms with Crippen LogP contribution in [0.4, 0.5) is 5.69 Å². The van der Waals surface area contributed by atoms with Gasteiger partial charge in [0.2, 0.25) is 0 Å². The van der Waals surface area contributed by atoms with Crippen molar-refractivity contribution in [1.82, 2.24) is 0 Å². The minimum absolute atomic E-state index is 0.361. The van der Waals surface area contributed by atoms with Crippen LogP contribution in [-0.2, 0) is 0 Å². The molecule has 0 spiro atoms. The number of benzene rings is 2. The normalized spacial score (nSPS) is 9.67. The molecule has 0 aliphatic carbocycles. The smallest absolute Gasteiger partial charge is 0.146 e. The Hall–Kier alpha value is -1.87. The molecule has 0 aromatic heterocycles. The molecule has 0 bridgehead atoms. The topological polar surface area (TPSA) is 58.0 Å². The number of hydrogen-bond donors (Lipinski definition) is 0. The highest BCUT2D eigenvalue weighted by molar-refractivity contribution is 6.32. The van der Waals surface area contributed by atoms with Crippen molar-refractivity contribution in [3.63, 3.8) is 0 Å². The summed E-state index contributed by atoms with van der Waals surface area (Å²) in [5, 5.41) is 4.39. The summed E-state index contributed by atoms with van der Waals surface area (Å²) in [6, 6.07) is 11.8. The van der Waals surface area contributed by atoms with Gasteiger partial charge in [-0.3, -0.25) is 0 Å². The van der Waals surface area contributed by atoms with E-state index in [0.29, 0.717) is 27.2 Å². The molecule has 0 unspecified atom stereocenters. The third-order valence-electron chi connectivity index (χ3n) is 2.10. The summed E-state index contributed by atoms with van der Waals surface area (Å²) in [5.74, 6) is 1.05. The Morgan fingerprint density at radius 3 is 2.61 bits per heavy atom. The van der Waals surface area contributed by atoms with Gasteiger partial charge in [0.1, 0.15) is 11.5 Å². The highest BCUT2D eigenvalue weighted by Crippen LogP contribution is 2.33. The van der Waals surface area contributed by atoms with Crippen LogP contribution in [0.2, 0.25) is 10.0 Å². The first kappa shape index (κ1) is 12.6. The molecule has 4 nitrogen and oxygen atoms in total. The molecule has 0 saturated carbocycles. The second-order valence-corrected chi connectivity index (χ2v) is 4.21. The molecule has 6 heteroatoms. The number of nitrogens with zero attached hydrogens (tertiary/aromatic N) is 3. The Morgan fingerprint density at radius 2 is 1.94 bits per heavy atom. The van der Waals surface area contributed by atoms with Gasteiger partial charge in [-0.1, -0.05) is 34.4 Å². The van der Waals surface area contributed by atoms with E-state index in [1.807, 2.05) is 0 Å². The maximum absolute atomic E-state index is 8.31. The van der Waals surface area contributed by atoms with E-state index in [2.05, 4.69) is 10.0 Å². The molecule has 2 rings (SSSR count). The zero-order chi connectivity index (χ0) is 13.0. The summed E-state index contributed by atoms with van der Waals surface area (Å²) in [6.45, 7) is 0. The summed E-state index contributed by atoms with van der Waals surface area (Å²) >= 11 is 11.9. The van der Waals surface area contributed by atoms with Crippen LogP contribution in [0.5, 0.6) is 11.5 Å². The van der Waals surface area contributed by atoms with Gasteiger partial charge in [-0.2, -0.15) is 0 Å². The summed E-state index contributed by atoms with van der Waals surface area (Å²) in [7, 11) is 0. The monoisotopic (exact) mass is 279 g/mol. The Morgan fingerprint density at radius 1 is 1.11 bits per heavy atom. The first-order valence-corrected chi connectivity index (χ1v) is 5.73. The van der Waals surface area contributed by atoms with Crippen molar-refractivity contribution in [2.75, 3.05) is 0 Å². The number of ether oxygens (including phenoxy) is 1. The highest BCUT2D eigenvalue weighted by Gasteiger charge is 2.04. The van der Waals surface area contributed by atoms with Gasteiger partial charge in [0.25, 0.3) is 0 Å². The first-order chi connectivity index (χ1) is 8.69. The third kappa shape index (κ3) is 3.08. The van der Waals surface area contributed by atoms with E-state index in [0.717, 1.165) is 0 Å². The van der Waals surface area contributed by atoms with E-state index in [9.17, 15) is 0 Å². The quantitative estimate of drug-likeness (QED) is 0.402. The molecule has 0 saturated heterocycles. The summed E-state index contributed by atoms with van der Waals surface area (Å²) in [4.78, 5) is 2.68. The van der Waals surface area contributed by atoms with Gasteiger partial charge in [-0.05, 0) is 41.9 Å². The van der Waals surface area contributed by atoms with Crippen LogP contribution >= 0.6 is 23.2 Å².